The molecule has 0 aliphatic carbocycles. The van der Waals surface area contributed by atoms with Gasteiger partial charge in [0.1, 0.15) is 0 Å². The second-order valence-corrected chi connectivity index (χ2v) is 7.43. The monoisotopic (exact) mass is 407 g/mol. The first-order valence-corrected chi connectivity index (χ1v) is 9.45. The Morgan fingerprint density at radius 1 is 1.28 bits per heavy atom. The molecule has 134 valence electrons. The first kappa shape index (κ1) is 17.9. The molecule has 3 rings (SSSR count). The van der Waals surface area contributed by atoms with Gasteiger partial charge in [-0.25, -0.2) is 0 Å². The summed E-state index contributed by atoms with van der Waals surface area (Å²) in [4.78, 5) is 39.6. The summed E-state index contributed by atoms with van der Waals surface area (Å²) in [5.74, 6) is -0.225. The predicted octanol–water partition coefficient (Wildman–Crippen LogP) is 1.93. The van der Waals surface area contributed by atoms with Gasteiger partial charge in [-0.3, -0.25) is 14.4 Å². The Kier molecular flexibility index (Phi) is 5.73. The lowest BCUT2D eigenvalue weighted by Crippen LogP contribution is -2.35. The molecule has 2 aliphatic rings. The Morgan fingerprint density at radius 3 is 2.84 bits per heavy atom. The molecule has 6 nitrogen and oxygen atoms in total. The van der Waals surface area contributed by atoms with Crippen molar-refractivity contribution < 1.29 is 14.4 Å². The number of carbonyl (C=O) groups is 3. The fourth-order valence-corrected chi connectivity index (χ4v) is 3.73. The van der Waals surface area contributed by atoms with E-state index in [4.69, 9.17) is 0 Å². The smallest absolute Gasteiger partial charge is 0.227 e. The lowest BCUT2D eigenvalue weighted by atomic mass is 10.1. The van der Waals surface area contributed by atoms with Crippen molar-refractivity contribution in [3.05, 3.63) is 28.7 Å². The van der Waals surface area contributed by atoms with Crippen LogP contribution < -0.4 is 10.2 Å². The summed E-state index contributed by atoms with van der Waals surface area (Å²) in [6.45, 7) is 2.45. The quantitative estimate of drug-likeness (QED) is 0.732. The number of carbonyl (C=O) groups excluding carboxylic acids is 3. The Labute approximate surface area is 155 Å². The Morgan fingerprint density at radius 2 is 2.12 bits per heavy atom. The highest BCUT2D eigenvalue weighted by molar-refractivity contribution is 9.10. The maximum atomic E-state index is 12.3. The Hall–Kier alpha value is -1.89. The van der Waals surface area contributed by atoms with Crippen LogP contribution in [0.5, 0.6) is 0 Å². The number of halogens is 1. The third-order valence-electron chi connectivity index (χ3n) is 4.69. The van der Waals surface area contributed by atoms with E-state index in [1.807, 2.05) is 29.2 Å². The molecule has 1 N–H and O–H groups in total. The molecule has 2 saturated heterocycles. The van der Waals surface area contributed by atoms with Crippen LogP contribution in [0.15, 0.2) is 28.7 Å². The van der Waals surface area contributed by atoms with Crippen LogP contribution in [-0.2, 0) is 14.4 Å². The molecule has 0 spiro atoms. The van der Waals surface area contributed by atoms with E-state index < -0.39 is 0 Å². The van der Waals surface area contributed by atoms with E-state index in [0.717, 1.165) is 29.5 Å². The molecule has 25 heavy (non-hydrogen) atoms. The molecule has 7 heteroatoms. The molecule has 0 aromatic heterocycles. The second-order valence-electron chi connectivity index (χ2n) is 6.51. The first-order valence-electron chi connectivity index (χ1n) is 8.66. The maximum Gasteiger partial charge on any atom is 0.227 e. The van der Waals surface area contributed by atoms with Gasteiger partial charge in [0.05, 0.1) is 5.92 Å². The van der Waals surface area contributed by atoms with Gasteiger partial charge in [0.25, 0.3) is 0 Å². The van der Waals surface area contributed by atoms with Crippen LogP contribution in [0.1, 0.15) is 25.7 Å². The van der Waals surface area contributed by atoms with E-state index in [9.17, 15) is 14.4 Å². The van der Waals surface area contributed by atoms with E-state index in [0.29, 0.717) is 26.1 Å². The molecule has 2 aliphatic heterocycles. The highest BCUT2D eigenvalue weighted by Crippen LogP contribution is 2.27. The largest absolute Gasteiger partial charge is 0.356 e. The molecular weight excluding hydrogens is 386 g/mol. The molecule has 0 radical (unpaired) electrons. The number of likely N-dealkylation sites (tertiary alicyclic amines) is 1. The zero-order valence-electron chi connectivity index (χ0n) is 14.0. The van der Waals surface area contributed by atoms with Gasteiger partial charge in [0, 0.05) is 49.2 Å². The fourth-order valence-electron chi connectivity index (χ4n) is 3.34. The Balaban J connectivity index is 1.45. The van der Waals surface area contributed by atoms with Crippen LogP contribution in [0.3, 0.4) is 0 Å². The summed E-state index contributed by atoms with van der Waals surface area (Å²) in [5.41, 5.74) is 0.808. The molecule has 1 aromatic rings. The van der Waals surface area contributed by atoms with E-state index in [1.54, 1.807) is 4.90 Å². The standard InChI is InChI=1S/C18H22BrN3O3/c19-14-4-1-5-15(11-14)22-12-13(10-17(22)24)18(25)20-7-3-9-21-8-2-6-16(21)23/h1,4-5,11,13H,2-3,6-10,12H2,(H,20,25). The fraction of sp³-hybridized carbons (Fsp3) is 0.500. The topological polar surface area (TPSA) is 69.7 Å². The number of benzene rings is 1. The molecule has 2 heterocycles. The van der Waals surface area contributed by atoms with Gasteiger partial charge in [-0.2, -0.15) is 0 Å². The lowest BCUT2D eigenvalue weighted by molar-refractivity contribution is -0.127. The molecule has 1 atom stereocenters. The van der Waals surface area contributed by atoms with Gasteiger partial charge in [0.2, 0.25) is 17.7 Å². The normalized spacial score (nSPS) is 20.4. The second kappa shape index (κ2) is 7.99. The van der Waals surface area contributed by atoms with Crippen molar-refractivity contribution in [2.45, 2.75) is 25.7 Å². The van der Waals surface area contributed by atoms with Crippen molar-refractivity contribution in [1.29, 1.82) is 0 Å². The van der Waals surface area contributed by atoms with Crippen LogP contribution in [0.2, 0.25) is 0 Å². The number of amides is 3. The number of hydrogen-bond donors (Lipinski definition) is 1. The van der Waals surface area contributed by atoms with Crippen molar-refractivity contribution in [3.63, 3.8) is 0 Å². The summed E-state index contributed by atoms with van der Waals surface area (Å²) < 4.78 is 0.905. The average molecular weight is 408 g/mol. The molecule has 0 bridgehead atoms. The summed E-state index contributed by atoms with van der Waals surface area (Å²) in [5, 5.41) is 2.90. The van der Waals surface area contributed by atoms with Gasteiger partial charge < -0.3 is 15.1 Å². The number of hydrogen-bond acceptors (Lipinski definition) is 3. The highest BCUT2D eigenvalue weighted by Gasteiger charge is 2.35. The van der Waals surface area contributed by atoms with Crippen LogP contribution >= 0.6 is 15.9 Å². The summed E-state index contributed by atoms with van der Waals surface area (Å²) in [7, 11) is 0. The summed E-state index contributed by atoms with van der Waals surface area (Å²) >= 11 is 3.40. The molecule has 0 saturated carbocycles. The minimum atomic E-state index is -0.320. The minimum absolute atomic E-state index is 0.0269. The molecular formula is C18H22BrN3O3. The van der Waals surface area contributed by atoms with Gasteiger partial charge in [0.15, 0.2) is 0 Å². The van der Waals surface area contributed by atoms with Crippen molar-refractivity contribution in [3.8, 4) is 0 Å². The summed E-state index contributed by atoms with van der Waals surface area (Å²) in [6.07, 6.45) is 2.55. The van der Waals surface area contributed by atoms with Crippen molar-refractivity contribution in [1.82, 2.24) is 10.2 Å². The van der Waals surface area contributed by atoms with Crippen LogP contribution in [-0.4, -0.2) is 48.8 Å². The number of anilines is 1. The third-order valence-corrected chi connectivity index (χ3v) is 5.18. The molecule has 1 aromatic carbocycles. The zero-order valence-corrected chi connectivity index (χ0v) is 15.6. The maximum absolute atomic E-state index is 12.3. The highest BCUT2D eigenvalue weighted by atomic mass is 79.9. The Bertz CT molecular complexity index is 679. The number of rotatable bonds is 6. The number of nitrogens with zero attached hydrogens (tertiary/aromatic N) is 2. The predicted molar refractivity (Wildman–Crippen MR) is 98.0 cm³/mol. The number of nitrogens with one attached hydrogen (secondary N) is 1. The van der Waals surface area contributed by atoms with Crippen molar-refractivity contribution in [2.75, 3.05) is 31.1 Å². The van der Waals surface area contributed by atoms with Gasteiger partial charge >= 0.3 is 0 Å². The van der Waals surface area contributed by atoms with E-state index in [2.05, 4.69) is 21.2 Å². The average Bonchev–Trinajstić information content (AvgIpc) is 3.17. The molecule has 1 unspecified atom stereocenters. The van der Waals surface area contributed by atoms with Crippen LogP contribution in [0.4, 0.5) is 5.69 Å². The van der Waals surface area contributed by atoms with Gasteiger partial charge in [-0.05, 0) is 31.0 Å². The van der Waals surface area contributed by atoms with Crippen LogP contribution in [0.25, 0.3) is 0 Å². The first-order chi connectivity index (χ1) is 12.0. The van der Waals surface area contributed by atoms with Crippen molar-refractivity contribution >= 4 is 39.3 Å². The van der Waals surface area contributed by atoms with E-state index in [1.165, 1.54) is 0 Å². The molecule has 3 amide bonds. The summed E-state index contributed by atoms with van der Waals surface area (Å²) in [6, 6.07) is 7.53. The van der Waals surface area contributed by atoms with Crippen LogP contribution in [0, 0.1) is 5.92 Å². The van der Waals surface area contributed by atoms with Gasteiger partial charge in [-0.15, -0.1) is 0 Å². The van der Waals surface area contributed by atoms with E-state index in [-0.39, 0.29) is 30.1 Å². The SMILES string of the molecule is O=C(NCCCN1CCCC1=O)C1CC(=O)N(c2cccc(Br)c2)C1. The third kappa shape index (κ3) is 4.39. The lowest BCUT2D eigenvalue weighted by Gasteiger charge is -2.17. The molecule has 2 fully saturated rings. The van der Waals surface area contributed by atoms with E-state index >= 15 is 0 Å². The zero-order chi connectivity index (χ0) is 17.8. The minimum Gasteiger partial charge on any atom is -0.356 e. The van der Waals surface area contributed by atoms with Gasteiger partial charge in [-0.1, -0.05) is 22.0 Å². The van der Waals surface area contributed by atoms with Crippen molar-refractivity contribution in [2.24, 2.45) is 5.92 Å².